The van der Waals surface area contributed by atoms with Crippen LogP contribution in [0.25, 0.3) is 11.1 Å². The van der Waals surface area contributed by atoms with Gasteiger partial charge >= 0.3 is 0 Å². The fourth-order valence-corrected chi connectivity index (χ4v) is 7.67. The van der Waals surface area contributed by atoms with E-state index in [1.807, 2.05) is 43.3 Å². The van der Waals surface area contributed by atoms with Gasteiger partial charge in [-0.15, -0.1) is 0 Å². The lowest BCUT2D eigenvalue weighted by Crippen LogP contribution is -2.42. The van der Waals surface area contributed by atoms with E-state index >= 15 is 0 Å². The van der Waals surface area contributed by atoms with Crippen LogP contribution in [-0.2, 0) is 19.6 Å². The molecule has 0 aromatic heterocycles. The fraction of sp³-hybridized carbons (Fsp3) is 0.310. The lowest BCUT2D eigenvalue weighted by Gasteiger charge is -2.39. The molecule has 3 atom stereocenters. The summed E-state index contributed by atoms with van der Waals surface area (Å²) in [7, 11) is -3.77. The van der Waals surface area contributed by atoms with Crippen molar-refractivity contribution in [2.75, 3.05) is 23.4 Å². The highest BCUT2D eigenvalue weighted by Crippen LogP contribution is 2.49. The fourth-order valence-electron chi connectivity index (χ4n) is 6.00. The number of aryl methyl sites for hydroxylation is 1. The predicted octanol–water partition coefficient (Wildman–Crippen LogP) is 3.85. The summed E-state index contributed by atoms with van der Waals surface area (Å²) in [6.45, 7) is 2.19. The molecule has 0 aliphatic carbocycles. The lowest BCUT2D eigenvalue weighted by molar-refractivity contribution is -0.121. The van der Waals surface area contributed by atoms with Gasteiger partial charge in [-0.3, -0.25) is 14.5 Å². The van der Waals surface area contributed by atoms with Crippen LogP contribution in [-0.4, -0.2) is 48.8 Å². The molecule has 3 aliphatic rings. The van der Waals surface area contributed by atoms with Crippen molar-refractivity contribution in [1.29, 1.82) is 0 Å². The zero-order valence-corrected chi connectivity index (χ0v) is 21.8. The molecular formula is C29H29N3O5S. The minimum absolute atomic E-state index is 0.0887. The molecule has 196 valence electrons. The summed E-state index contributed by atoms with van der Waals surface area (Å²) in [5.74, 6) is -0.501. The highest BCUT2D eigenvalue weighted by atomic mass is 32.2. The smallest absolute Gasteiger partial charge is 0.243 e. The summed E-state index contributed by atoms with van der Waals surface area (Å²) in [5, 5.41) is 13.5. The maximum atomic E-state index is 13.8. The lowest BCUT2D eigenvalue weighted by atomic mass is 9.82. The van der Waals surface area contributed by atoms with Crippen LogP contribution in [0.2, 0.25) is 0 Å². The Labute approximate surface area is 221 Å². The standard InChI is InChI=1S/C29H29N3O5S/c1-18-5-8-22(9-6-18)38(36,37)31-14-13-23-26(17-33)30-25-10-7-20(16-24(25)29(23)31)19-3-2-4-21(15-19)32-27(34)11-12-28(32)35/h2-10,15-16,23,26,29-30,33H,11-14,17H2,1H3/t23-,26+,29-/m1/s1. The third-order valence-corrected chi connectivity index (χ3v) is 9.84. The number of anilines is 2. The van der Waals surface area contributed by atoms with Crippen molar-refractivity contribution >= 4 is 33.2 Å². The van der Waals surface area contributed by atoms with Crippen molar-refractivity contribution in [1.82, 2.24) is 4.31 Å². The topological polar surface area (TPSA) is 107 Å². The highest BCUT2D eigenvalue weighted by Gasteiger charge is 2.48. The SMILES string of the molecule is Cc1ccc(S(=O)(=O)N2CC[C@@H]3[C@H](CO)Nc4ccc(-c5cccc(N6C(=O)CCC6=O)c5)cc4[C@@H]32)cc1. The van der Waals surface area contributed by atoms with Gasteiger partial charge in [-0.2, -0.15) is 4.31 Å². The molecule has 3 aromatic rings. The Morgan fingerprint density at radius 2 is 1.66 bits per heavy atom. The number of hydrogen-bond acceptors (Lipinski definition) is 6. The number of rotatable bonds is 5. The maximum absolute atomic E-state index is 13.8. The van der Waals surface area contributed by atoms with Crippen LogP contribution in [0.4, 0.5) is 11.4 Å². The molecule has 3 aromatic carbocycles. The van der Waals surface area contributed by atoms with Gasteiger partial charge in [0, 0.05) is 31.0 Å². The summed E-state index contributed by atoms with van der Waals surface area (Å²) >= 11 is 0. The summed E-state index contributed by atoms with van der Waals surface area (Å²) in [4.78, 5) is 26.1. The number of imide groups is 1. The quantitative estimate of drug-likeness (QED) is 0.485. The molecule has 38 heavy (non-hydrogen) atoms. The minimum atomic E-state index is -3.77. The van der Waals surface area contributed by atoms with Crippen molar-refractivity contribution in [2.45, 2.75) is 43.2 Å². The van der Waals surface area contributed by atoms with E-state index in [1.165, 1.54) is 4.90 Å². The predicted molar refractivity (Wildman–Crippen MR) is 144 cm³/mol. The molecular weight excluding hydrogens is 502 g/mol. The monoisotopic (exact) mass is 531 g/mol. The third-order valence-electron chi connectivity index (χ3n) is 7.94. The molecule has 2 N–H and O–H groups in total. The van der Waals surface area contributed by atoms with Gasteiger partial charge in [-0.1, -0.05) is 35.9 Å². The van der Waals surface area contributed by atoms with E-state index in [-0.39, 0.29) is 48.1 Å². The van der Waals surface area contributed by atoms with Crippen molar-refractivity contribution < 1.29 is 23.1 Å². The third kappa shape index (κ3) is 4.02. The Morgan fingerprint density at radius 1 is 0.947 bits per heavy atom. The molecule has 9 heteroatoms. The van der Waals surface area contributed by atoms with E-state index in [4.69, 9.17) is 0 Å². The average molecular weight is 532 g/mol. The first kappa shape index (κ1) is 24.8. The molecule has 2 fully saturated rings. The van der Waals surface area contributed by atoms with Gasteiger partial charge in [0.05, 0.1) is 29.3 Å². The number of nitrogens with zero attached hydrogens (tertiary/aromatic N) is 2. The van der Waals surface area contributed by atoms with Crippen LogP contribution >= 0.6 is 0 Å². The zero-order chi connectivity index (χ0) is 26.6. The number of amides is 2. The molecule has 3 aliphatic heterocycles. The number of hydrogen-bond donors (Lipinski definition) is 2. The second-order valence-corrected chi connectivity index (χ2v) is 12.1. The van der Waals surface area contributed by atoms with Crippen molar-refractivity contribution in [3.8, 4) is 11.1 Å². The number of benzene rings is 3. The zero-order valence-electron chi connectivity index (χ0n) is 21.0. The summed E-state index contributed by atoms with van der Waals surface area (Å²) in [6.07, 6.45) is 1.06. The Morgan fingerprint density at radius 3 is 2.37 bits per heavy atom. The first-order valence-corrected chi connectivity index (χ1v) is 14.3. The first-order valence-electron chi connectivity index (χ1n) is 12.8. The number of aliphatic hydroxyl groups excluding tert-OH is 1. The van der Waals surface area contributed by atoms with Crippen LogP contribution in [0, 0.1) is 12.8 Å². The van der Waals surface area contributed by atoms with E-state index in [0.29, 0.717) is 18.7 Å². The van der Waals surface area contributed by atoms with E-state index < -0.39 is 16.1 Å². The van der Waals surface area contributed by atoms with Gasteiger partial charge in [-0.25, -0.2) is 8.42 Å². The van der Waals surface area contributed by atoms with E-state index in [9.17, 15) is 23.1 Å². The first-order chi connectivity index (χ1) is 18.3. The van der Waals surface area contributed by atoms with Crippen molar-refractivity contribution in [2.24, 2.45) is 5.92 Å². The van der Waals surface area contributed by atoms with E-state index in [1.54, 1.807) is 34.6 Å². The molecule has 0 radical (unpaired) electrons. The largest absolute Gasteiger partial charge is 0.394 e. The number of fused-ring (bicyclic) bond motifs is 3. The maximum Gasteiger partial charge on any atom is 0.243 e. The van der Waals surface area contributed by atoms with Crippen molar-refractivity contribution in [3.05, 3.63) is 77.9 Å². The molecule has 0 unspecified atom stereocenters. The van der Waals surface area contributed by atoms with E-state index in [2.05, 4.69) is 5.32 Å². The summed E-state index contributed by atoms with van der Waals surface area (Å²) in [5.41, 5.74) is 4.84. The van der Waals surface area contributed by atoms with Crippen LogP contribution < -0.4 is 10.2 Å². The van der Waals surface area contributed by atoms with Gasteiger partial charge in [0.2, 0.25) is 21.8 Å². The molecule has 0 spiro atoms. The van der Waals surface area contributed by atoms with Crippen LogP contribution in [0.5, 0.6) is 0 Å². The van der Waals surface area contributed by atoms with Gasteiger partial charge in [0.1, 0.15) is 0 Å². The summed E-state index contributed by atoms with van der Waals surface area (Å²) in [6, 6.07) is 19.3. The van der Waals surface area contributed by atoms with Gasteiger partial charge < -0.3 is 10.4 Å². The summed E-state index contributed by atoms with van der Waals surface area (Å²) < 4.78 is 29.2. The molecule has 8 nitrogen and oxygen atoms in total. The van der Waals surface area contributed by atoms with Crippen LogP contribution in [0.15, 0.2) is 71.6 Å². The molecule has 6 rings (SSSR count). The Hall–Kier alpha value is -3.53. The average Bonchev–Trinajstić information content (AvgIpc) is 3.52. The number of carbonyl (C=O) groups is 2. The highest BCUT2D eigenvalue weighted by molar-refractivity contribution is 7.89. The number of aliphatic hydroxyl groups is 1. The Balaban J connectivity index is 1.42. The Bertz CT molecular complexity index is 1520. The molecule has 0 saturated carbocycles. The van der Waals surface area contributed by atoms with Gasteiger partial charge in [0.25, 0.3) is 0 Å². The molecule has 3 heterocycles. The number of carbonyl (C=O) groups excluding carboxylic acids is 2. The second-order valence-electron chi connectivity index (χ2n) is 10.2. The molecule has 2 amide bonds. The Kier molecular flexibility index (Phi) is 6.09. The van der Waals surface area contributed by atoms with Gasteiger partial charge in [-0.05, 0) is 66.4 Å². The minimum Gasteiger partial charge on any atom is -0.394 e. The molecule has 0 bridgehead atoms. The van der Waals surface area contributed by atoms with E-state index in [0.717, 1.165) is 27.9 Å². The van der Waals surface area contributed by atoms with Crippen LogP contribution in [0.1, 0.15) is 36.4 Å². The second kappa shape index (κ2) is 9.34. The van der Waals surface area contributed by atoms with Crippen molar-refractivity contribution in [3.63, 3.8) is 0 Å². The normalized spacial score (nSPS) is 23.3. The number of nitrogens with one attached hydrogen (secondary N) is 1. The van der Waals surface area contributed by atoms with Gasteiger partial charge in [0.15, 0.2) is 0 Å². The molecule has 2 saturated heterocycles. The number of sulfonamides is 1. The van der Waals surface area contributed by atoms with Crippen LogP contribution in [0.3, 0.4) is 0 Å².